The number of rotatable bonds is 3. The van der Waals surface area contributed by atoms with Crippen molar-refractivity contribution in [1.82, 2.24) is 9.97 Å². The third kappa shape index (κ3) is 2.23. The lowest BCUT2D eigenvalue weighted by Gasteiger charge is -2.26. The number of anilines is 1. The van der Waals surface area contributed by atoms with Crippen molar-refractivity contribution in [2.75, 3.05) is 5.32 Å². The van der Waals surface area contributed by atoms with Gasteiger partial charge in [-0.1, -0.05) is 0 Å². The molecule has 0 radical (unpaired) electrons. The summed E-state index contributed by atoms with van der Waals surface area (Å²) in [5, 5.41) is 3.41. The molecule has 1 saturated carbocycles. The van der Waals surface area contributed by atoms with Gasteiger partial charge < -0.3 is 5.32 Å². The Kier molecular flexibility index (Phi) is 2.47. The second kappa shape index (κ2) is 3.50. The van der Waals surface area contributed by atoms with Gasteiger partial charge in [0.1, 0.15) is 10.4 Å². The highest BCUT2D eigenvalue weighted by Gasteiger charge is 2.37. The van der Waals surface area contributed by atoms with E-state index in [4.69, 9.17) is 0 Å². The highest BCUT2D eigenvalue weighted by molar-refractivity contribution is 9.10. The van der Waals surface area contributed by atoms with Crippen LogP contribution >= 0.6 is 15.9 Å². The molecule has 0 unspecified atom stereocenters. The van der Waals surface area contributed by atoms with Crippen LogP contribution in [0.25, 0.3) is 0 Å². The van der Waals surface area contributed by atoms with Gasteiger partial charge in [-0.05, 0) is 48.5 Å². The Balaban J connectivity index is 2.06. The summed E-state index contributed by atoms with van der Waals surface area (Å²) in [4.78, 5) is 8.39. The van der Waals surface area contributed by atoms with E-state index in [2.05, 4.69) is 45.1 Å². The minimum atomic E-state index is 0.141. The van der Waals surface area contributed by atoms with Gasteiger partial charge in [-0.15, -0.1) is 0 Å². The largest absolute Gasteiger partial charge is 0.364 e. The molecule has 0 saturated heterocycles. The van der Waals surface area contributed by atoms with Crippen LogP contribution in [0.5, 0.6) is 0 Å². The van der Waals surface area contributed by atoms with E-state index in [-0.39, 0.29) is 5.54 Å². The van der Waals surface area contributed by atoms with E-state index in [1.165, 1.54) is 12.8 Å². The fourth-order valence-electron chi connectivity index (χ4n) is 1.61. The zero-order valence-electron chi connectivity index (χ0n) is 8.42. The molecular weight excluding hydrogens is 242 g/mol. The van der Waals surface area contributed by atoms with E-state index in [0.717, 1.165) is 16.3 Å². The summed E-state index contributed by atoms with van der Waals surface area (Å²) >= 11 is 3.26. The predicted molar refractivity (Wildman–Crippen MR) is 60.2 cm³/mol. The van der Waals surface area contributed by atoms with Crippen LogP contribution in [0, 0.1) is 5.92 Å². The van der Waals surface area contributed by atoms with Crippen LogP contribution in [0.3, 0.4) is 0 Å². The molecule has 0 amide bonds. The second-order valence-corrected chi connectivity index (χ2v) is 5.16. The van der Waals surface area contributed by atoms with E-state index in [1.54, 1.807) is 12.4 Å². The molecule has 1 aliphatic carbocycles. The van der Waals surface area contributed by atoms with Crippen LogP contribution in [0.2, 0.25) is 0 Å². The summed E-state index contributed by atoms with van der Waals surface area (Å²) in [6.45, 7) is 4.43. The van der Waals surface area contributed by atoms with Gasteiger partial charge in [-0.3, -0.25) is 0 Å². The third-order valence-electron chi connectivity index (χ3n) is 2.67. The monoisotopic (exact) mass is 255 g/mol. The van der Waals surface area contributed by atoms with E-state index in [9.17, 15) is 0 Å². The zero-order chi connectivity index (χ0) is 10.2. The molecule has 0 spiro atoms. The van der Waals surface area contributed by atoms with Crippen molar-refractivity contribution in [3.8, 4) is 0 Å². The molecule has 0 bridgehead atoms. The van der Waals surface area contributed by atoms with Gasteiger partial charge in [0.05, 0.1) is 12.4 Å². The van der Waals surface area contributed by atoms with E-state index in [0.29, 0.717) is 0 Å². The quantitative estimate of drug-likeness (QED) is 0.903. The molecule has 1 aromatic rings. The number of nitrogens with zero attached hydrogens (tertiary/aromatic N) is 2. The Hall–Kier alpha value is -0.640. The molecule has 14 heavy (non-hydrogen) atoms. The van der Waals surface area contributed by atoms with Gasteiger partial charge in [0.25, 0.3) is 0 Å². The van der Waals surface area contributed by atoms with Gasteiger partial charge in [-0.25, -0.2) is 9.97 Å². The average molecular weight is 256 g/mol. The molecule has 1 fully saturated rings. The Morgan fingerprint density at radius 1 is 1.36 bits per heavy atom. The predicted octanol–water partition coefficient (Wildman–Crippen LogP) is 2.84. The maximum atomic E-state index is 4.25. The lowest BCUT2D eigenvalue weighted by molar-refractivity contribution is 0.492. The molecule has 3 nitrogen and oxygen atoms in total. The van der Waals surface area contributed by atoms with Crippen LogP contribution in [0.4, 0.5) is 5.82 Å². The van der Waals surface area contributed by atoms with Crippen molar-refractivity contribution < 1.29 is 0 Å². The SMILES string of the molecule is CC(C)(Nc1cnc(Br)cn1)C1CC1. The van der Waals surface area contributed by atoms with Gasteiger partial charge in [0, 0.05) is 5.54 Å². The summed E-state index contributed by atoms with van der Waals surface area (Å²) in [6, 6.07) is 0. The molecule has 76 valence electrons. The van der Waals surface area contributed by atoms with Crippen LogP contribution in [-0.4, -0.2) is 15.5 Å². The summed E-state index contributed by atoms with van der Waals surface area (Å²) in [5.74, 6) is 1.64. The van der Waals surface area contributed by atoms with Crippen LogP contribution in [0.1, 0.15) is 26.7 Å². The number of hydrogen-bond acceptors (Lipinski definition) is 3. The first-order valence-electron chi connectivity index (χ1n) is 4.84. The first-order valence-corrected chi connectivity index (χ1v) is 5.63. The molecule has 4 heteroatoms. The topological polar surface area (TPSA) is 37.8 Å². The minimum Gasteiger partial charge on any atom is -0.364 e. The minimum absolute atomic E-state index is 0.141. The third-order valence-corrected chi connectivity index (χ3v) is 3.08. The Bertz CT molecular complexity index is 317. The van der Waals surface area contributed by atoms with Crippen LogP contribution < -0.4 is 5.32 Å². The Morgan fingerprint density at radius 2 is 2.07 bits per heavy atom. The smallest absolute Gasteiger partial charge is 0.144 e. The summed E-state index contributed by atoms with van der Waals surface area (Å²) in [7, 11) is 0. The van der Waals surface area contributed by atoms with E-state index < -0.39 is 0 Å². The molecule has 0 aromatic carbocycles. The molecule has 0 aliphatic heterocycles. The van der Waals surface area contributed by atoms with Gasteiger partial charge in [0.15, 0.2) is 0 Å². The molecule has 1 aliphatic rings. The molecule has 0 atom stereocenters. The van der Waals surface area contributed by atoms with E-state index >= 15 is 0 Å². The highest BCUT2D eigenvalue weighted by Crippen LogP contribution is 2.40. The van der Waals surface area contributed by atoms with E-state index in [1.807, 2.05) is 0 Å². The zero-order valence-corrected chi connectivity index (χ0v) is 10.0. The molecule has 1 aromatic heterocycles. The van der Waals surface area contributed by atoms with Crippen LogP contribution in [-0.2, 0) is 0 Å². The van der Waals surface area contributed by atoms with Crippen molar-refractivity contribution in [3.05, 3.63) is 17.0 Å². The number of hydrogen-bond donors (Lipinski definition) is 1. The lowest BCUT2D eigenvalue weighted by atomic mass is 9.99. The molecule has 2 rings (SSSR count). The summed E-state index contributed by atoms with van der Waals surface area (Å²) in [5.41, 5.74) is 0.141. The van der Waals surface area contributed by atoms with Crippen molar-refractivity contribution in [3.63, 3.8) is 0 Å². The van der Waals surface area contributed by atoms with Gasteiger partial charge in [-0.2, -0.15) is 0 Å². The fraction of sp³-hybridized carbons (Fsp3) is 0.600. The first-order chi connectivity index (χ1) is 6.58. The van der Waals surface area contributed by atoms with Crippen molar-refractivity contribution in [1.29, 1.82) is 0 Å². The van der Waals surface area contributed by atoms with Gasteiger partial charge >= 0.3 is 0 Å². The molecule has 1 N–H and O–H groups in total. The fourth-order valence-corrected chi connectivity index (χ4v) is 1.82. The summed E-state index contributed by atoms with van der Waals surface area (Å²) in [6.07, 6.45) is 6.12. The second-order valence-electron chi connectivity index (χ2n) is 4.35. The maximum absolute atomic E-state index is 4.25. The Morgan fingerprint density at radius 3 is 2.57 bits per heavy atom. The van der Waals surface area contributed by atoms with Crippen molar-refractivity contribution >= 4 is 21.7 Å². The molecule has 1 heterocycles. The average Bonchev–Trinajstić information content (AvgIpc) is 2.91. The normalized spacial score (nSPS) is 16.8. The number of aromatic nitrogens is 2. The standard InChI is InChI=1S/C10H14BrN3/c1-10(2,7-3-4-7)14-9-6-12-8(11)5-13-9/h5-7H,3-4H2,1-2H3,(H,13,14). The summed E-state index contributed by atoms with van der Waals surface area (Å²) < 4.78 is 0.771. The maximum Gasteiger partial charge on any atom is 0.144 e. The van der Waals surface area contributed by atoms with Crippen molar-refractivity contribution in [2.45, 2.75) is 32.2 Å². The first kappa shape index (κ1) is 9.90. The van der Waals surface area contributed by atoms with Crippen LogP contribution in [0.15, 0.2) is 17.0 Å². The van der Waals surface area contributed by atoms with Gasteiger partial charge in [0.2, 0.25) is 0 Å². The Labute approximate surface area is 92.5 Å². The number of halogens is 1. The van der Waals surface area contributed by atoms with Crippen molar-refractivity contribution in [2.24, 2.45) is 5.92 Å². The number of nitrogens with one attached hydrogen (secondary N) is 1. The lowest BCUT2D eigenvalue weighted by Crippen LogP contribution is -2.33. The molecular formula is C10H14BrN3. The highest BCUT2D eigenvalue weighted by atomic mass is 79.9.